The monoisotopic (exact) mass is 246 g/mol. The first-order valence-corrected chi connectivity index (χ1v) is 5.81. The van der Waals surface area contributed by atoms with E-state index in [0.29, 0.717) is 19.0 Å². The SMILES string of the molecule is CCN(CC(C)C)C(=O)N[C@H](CCO)C(=O)O. The first kappa shape index (κ1) is 15.7. The predicted molar refractivity (Wildman–Crippen MR) is 63.7 cm³/mol. The van der Waals surface area contributed by atoms with Crippen molar-refractivity contribution in [2.24, 2.45) is 5.92 Å². The maximum Gasteiger partial charge on any atom is 0.326 e. The van der Waals surface area contributed by atoms with E-state index in [4.69, 9.17) is 10.2 Å². The van der Waals surface area contributed by atoms with Gasteiger partial charge in [0.15, 0.2) is 0 Å². The molecule has 6 heteroatoms. The molecule has 1 atom stereocenters. The molecule has 0 aromatic heterocycles. The number of hydrogen-bond acceptors (Lipinski definition) is 3. The van der Waals surface area contributed by atoms with Gasteiger partial charge in [0.1, 0.15) is 6.04 Å². The predicted octanol–water partition coefficient (Wildman–Crippen LogP) is 0.509. The van der Waals surface area contributed by atoms with Gasteiger partial charge in [0.2, 0.25) is 0 Å². The molecule has 0 saturated heterocycles. The summed E-state index contributed by atoms with van der Waals surface area (Å²) in [6.45, 7) is 6.64. The summed E-state index contributed by atoms with van der Waals surface area (Å²) in [6, 6.07) is -1.43. The van der Waals surface area contributed by atoms with Gasteiger partial charge in [-0.05, 0) is 12.8 Å². The van der Waals surface area contributed by atoms with Gasteiger partial charge in [-0.3, -0.25) is 0 Å². The second-order valence-corrected chi connectivity index (χ2v) is 4.29. The quantitative estimate of drug-likeness (QED) is 0.610. The fourth-order valence-electron chi connectivity index (χ4n) is 1.42. The van der Waals surface area contributed by atoms with Gasteiger partial charge in [0, 0.05) is 26.1 Å². The lowest BCUT2D eigenvalue weighted by atomic mass is 10.2. The minimum Gasteiger partial charge on any atom is -0.480 e. The number of carbonyl (C=O) groups excluding carboxylic acids is 1. The molecular formula is C11H22N2O4. The summed E-state index contributed by atoms with van der Waals surface area (Å²) in [5, 5.41) is 20.0. The van der Waals surface area contributed by atoms with E-state index in [1.807, 2.05) is 20.8 Å². The van der Waals surface area contributed by atoms with Crippen LogP contribution in [-0.4, -0.2) is 52.9 Å². The van der Waals surface area contributed by atoms with Gasteiger partial charge in [0.05, 0.1) is 0 Å². The van der Waals surface area contributed by atoms with Crippen molar-refractivity contribution >= 4 is 12.0 Å². The number of amides is 2. The number of urea groups is 1. The third kappa shape index (κ3) is 6.11. The molecule has 0 aliphatic rings. The van der Waals surface area contributed by atoms with Crippen molar-refractivity contribution in [3.63, 3.8) is 0 Å². The summed E-state index contributed by atoms with van der Waals surface area (Å²) >= 11 is 0. The molecule has 0 bridgehead atoms. The van der Waals surface area contributed by atoms with E-state index in [-0.39, 0.29) is 13.0 Å². The van der Waals surface area contributed by atoms with E-state index >= 15 is 0 Å². The van der Waals surface area contributed by atoms with E-state index < -0.39 is 18.0 Å². The molecule has 3 N–H and O–H groups in total. The zero-order valence-corrected chi connectivity index (χ0v) is 10.6. The molecule has 0 radical (unpaired) electrons. The Labute approximate surface area is 102 Å². The molecular weight excluding hydrogens is 224 g/mol. The van der Waals surface area contributed by atoms with Crippen molar-refractivity contribution in [2.75, 3.05) is 19.7 Å². The topological polar surface area (TPSA) is 89.9 Å². The highest BCUT2D eigenvalue weighted by molar-refractivity contribution is 5.82. The van der Waals surface area contributed by atoms with Crippen LogP contribution in [0.4, 0.5) is 4.79 Å². The Kier molecular flexibility index (Phi) is 7.29. The van der Waals surface area contributed by atoms with Crippen molar-refractivity contribution in [3.8, 4) is 0 Å². The van der Waals surface area contributed by atoms with E-state index in [0.717, 1.165) is 0 Å². The molecule has 0 heterocycles. The van der Waals surface area contributed by atoms with Crippen LogP contribution < -0.4 is 5.32 Å². The second-order valence-electron chi connectivity index (χ2n) is 4.29. The molecule has 17 heavy (non-hydrogen) atoms. The Morgan fingerprint density at radius 3 is 2.29 bits per heavy atom. The van der Waals surface area contributed by atoms with Crippen LogP contribution >= 0.6 is 0 Å². The number of nitrogens with one attached hydrogen (secondary N) is 1. The van der Waals surface area contributed by atoms with Gasteiger partial charge in [-0.25, -0.2) is 9.59 Å². The van der Waals surface area contributed by atoms with Crippen molar-refractivity contribution in [2.45, 2.75) is 33.2 Å². The van der Waals surface area contributed by atoms with Crippen LogP contribution in [0, 0.1) is 5.92 Å². The smallest absolute Gasteiger partial charge is 0.326 e. The van der Waals surface area contributed by atoms with Gasteiger partial charge >= 0.3 is 12.0 Å². The van der Waals surface area contributed by atoms with Gasteiger partial charge in [-0.1, -0.05) is 13.8 Å². The van der Waals surface area contributed by atoms with Crippen LogP contribution in [0.5, 0.6) is 0 Å². The van der Waals surface area contributed by atoms with Gasteiger partial charge in [-0.15, -0.1) is 0 Å². The molecule has 6 nitrogen and oxygen atoms in total. The minimum absolute atomic E-state index is 0.0142. The number of carboxylic acids is 1. The third-order valence-corrected chi connectivity index (χ3v) is 2.27. The highest BCUT2D eigenvalue weighted by atomic mass is 16.4. The molecule has 0 fully saturated rings. The van der Waals surface area contributed by atoms with E-state index in [9.17, 15) is 9.59 Å². The molecule has 0 aromatic carbocycles. The van der Waals surface area contributed by atoms with Gasteiger partial charge in [0.25, 0.3) is 0 Å². The van der Waals surface area contributed by atoms with Crippen LogP contribution in [0.25, 0.3) is 0 Å². The number of aliphatic hydroxyl groups excluding tert-OH is 1. The van der Waals surface area contributed by atoms with E-state index in [1.165, 1.54) is 0 Å². The molecule has 0 aromatic rings. The number of hydrogen-bond donors (Lipinski definition) is 3. The normalized spacial score (nSPS) is 12.3. The number of aliphatic carboxylic acids is 1. The number of rotatable bonds is 7. The molecule has 0 aliphatic carbocycles. The zero-order valence-electron chi connectivity index (χ0n) is 10.6. The van der Waals surface area contributed by atoms with Crippen molar-refractivity contribution < 1.29 is 19.8 Å². The molecule has 0 unspecified atom stereocenters. The molecule has 0 rings (SSSR count). The van der Waals surface area contributed by atoms with Crippen LogP contribution in [0.3, 0.4) is 0 Å². The van der Waals surface area contributed by atoms with E-state index in [2.05, 4.69) is 5.32 Å². The average Bonchev–Trinajstić information content (AvgIpc) is 2.24. The maximum absolute atomic E-state index is 11.8. The molecule has 0 aliphatic heterocycles. The summed E-state index contributed by atoms with van der Waals surface area (Å²) in [4.78, 5) is 24.1. The standard InChI is InChI=1S/C11H22N2O4/c1-4-13(7-8(2)3)11(17)12-9(5-6-14)10(15)16/h8-9,14H,4-7H2,1-3H3,(H,12,17)(H,15,16)/t9-/m1/s1. The number of nitrogens with zero attached hydrogens (tertiary/aromatic N) is 1. The lowest BCUT2D eigenvalue weighted by Gasteiger charge is -2.25. The third-order valence-electron chi connectivity index (χ3n) is 2.27. The average molecular weight is 246 g/mol. The van der Waals surface area contributed by atoms with Crippen LogP contribution in [0.1, 0.15) is 27.2 Å². The largest absolute Gasteiger partial charge is 0.480 e. The van der Waals surface area contributed by atoms with Gasteiger partial charge in [-0.2, -0.15) is 0 Å². The highest BCUT2D eigenvalue weighted by Gasteiger charge is 2.22. The summed E-state index contributed by atoms with van der Waals surface area (Å²) in [5.41, 5.74) is 0. The van der Waals surface area contributed by atoms with E-state index in [1.54, 1.807) is 4.90 Å². The van der Waals surface area contributed by atoms with Crippen molar-refractivity contribution in [3.05, 3.63) is 0 Å². The second kappa shape index (κ2) is 7.89. The Morgan fingerprint density at radius 2 is 1.94 bits per heavy atom. The summed E-state index contributed by atoms with van der Waals surface area (Å²) < 4.78 is 0. The fraction of sp³-hybridized carbons (Fsp3) is 0.818. The Balaban J connectivity index is 4.40. The lowest BCUT2D eigenvalue weighted by Crippen LogP contribution is -2.49. The number of carbonyl (C=O) groups is 2. The van der Waals surface area contributed by atoms with Crippen molar-refractivity contribution in [1.82, 2.24) is 10.2 Å². The maximum atomic E-state index is 11.8. The van der Waals surface area contributed by atoms with Crippen LogP contribution in [0.2, 0.25) is 0 Å². The molecule has 0 spiro atoms. The summed E-state index contributed by atoms with van der Waals surface area (Å²) in [6.07, 6.45) is 0.0142. The Morgan fingerprint density at radius 1 is 1.35 bits per heavy atom. The first-order valence-electron chi connectivity index (χ1n) is 5.81. The van der Waals surface area contributed by atoms with Crippen LogP contribution in [0.15, 0.2) is 0 Å². The summed E-state index contributed by atoms with van der Waals surface area (Å²) in [5.74, 6) is -0.810. The molecule has 100 valence electrons. The molecule has 2 amide bonds. The van der Waals surface area contributed by atoms with Crippen molar-refractivity contribution in [1.29, 1.82) is 0 Å². The van der Waals surface area contributed by atoms with Gasteiger partial charge < -0.3 is 20.4 Å². The fourth-order valence-corrected chi connectivity index (χ4v) is 1.42. The Bertz CT molecular complexity index is 256. The minimum atomic E-state index is -1.13. The zero-order chi connectivity index (χ0) is 13.4. The van der Waals surface area contributed by atoms with Crippen LogP contribution in [-0.2, 0) is 4.79 Å². The molecule has 0 saturated carbocycles. The first-order chi connectivity index (χ1) is 7.92. The lowest BCUT2D eigenvalue weighted by molar-refractivity contribution is -0.139. The highest BCUT2D eigenvalue weighted by Crippen LogP contribution is 2.00. The number of carboxylic acid groups (broad SMARTS) is 1. The number of aliphatic hydroxyl groups is 1. The Hall–Kier alpha value is -1.30. The summed E-state index contributed by atoms with van der Waals surface area (Å²) in [7, 11) is 0.